The lowest BCUT2D eigenvalue weighted by atomic mass is 10.0. The Balaban J connectivity index is 1.37. The Morgan fingerprint density at radius 3 is 3.00 bits per heavy atom. The summed E-state index contributed by atoms with van der Waals surface area (Å²) in [4.78, 5) is 10.9. The van der Waals surface area contributed by atoms with E-state index in [2.05, 4.69) is 41.5 Å². The van der Waals surface area contributed by atoms with E-state index in [1.54, 1.807) is 0 Å². The molecule has 2 aromatic heterocycles. The second-order valence-corrected chi connectivity index (χ2v) is 7.77. The molecule has 0 spiro atoms. The predicted molar refractivity (Wildman–Crippen MR) is 102 cm³/mol. The van der Waals surface area contributed by atoms with Crippen LogP contribution in [0.4, 0.5) is 5.82 Å². The van der Waals surface area contributed by atoms with Crippen LogP contribution >= 0.6 is 11.3 Å². The zero-order valence-corrected chi connectivity index (χ0v) is 15.0. The van der Waals surface area contributed by atoms with E-state index in [-0.39, 0.29) is 0 Å². The van der Waals surface area contributed by atoms with E-state index >= 15 is 0 Å². The first-order valence-electron chi connectivity index (χ1n) is 8.86. The number of nitrogens with one attached hydrogen (secondary N) is 1. The molecule has 0 saturated carbocycles. The minimum Gasteiger partial charge on any atom is -0.370 e. The molecule has 0 saturated heterocycles. The van der Waals surface area contributed by atoms with Crippen LogP contribution in [0.1, 0.15) is 40.4 Å². The quantitative estimate of drug-likeness (QED) is 0.671. The van der Waals surface area contributed by atoms with Crippen LogP contribution in [0, 0.1) is 6.92 Å². The smallest absolute Gasteiger partial charge is 0.133 e. The lowest BCUT2D eigenvalue weighted by Crippen LogP contribution is -2.05. The third kappa shape index (κ3) is 3.29. The molecule has 0 radical (unpaired) electrons. The minimum atomic E-state index is 0.935. The highest BCUT2D eigenvalue weighted by Gasteiger charge is 2.14. The van der Waals surface area contributed by atoms with Gasteiger partial charge >= 0.3 is 0 Å². The van der Waals surface area contributed by atoms with Crippen molar-refractivity contribution in [3.8, 4) is 0 Å². The number of hydrogen-bond donors (Lipinski definition) is 1. The number of aryl methyl sites for hydroxylation is 4. The van der Waals surface area contributed by atoms with Gasteiger partial charge < -0.3 is 5.32 Å². The zero-order valence-electron chi connectivity index (χ0n) is 14.1. The Morgan fingerprint density at radius 2 is 2.08 bits per heavy atom. The Kier molecular flexibility index (Phi) is 4.48. The van der Waals surface area contributed by atoms with E-state index in [9.17, 15) is 0 Å². The second kappa shape index (κ2) is 6.89. The summed E-state index contributed by atoms with van der Waals surface area (Å²) in [5.41, 5.74) is 2.66. The number of benzene rings is 1. The first-order valence-corrected chi connectivity index (χ1v) is 9.68. The molecule has 1 N–H and O–H groups in total. The standard InChI is InChI=1S/C20H23N3S/c1-14-8-9-16-15(13-14)10-12-22-20(16)21-11-4-7-19-23-17-5-2-3-6-18(17)24-19/h8-10,12-13H,2-7,11H2,1H3,(H,21,22). The number of anilines is 1. The topological polar surface area (TPSA) is 37.8 Å². The molecule has 4 rings (SSSR count). The zero-order chi connectivity index (χ0) is 16.4. The van der Waals surface area contributed by atoms with Crippen molar-refractivity contribution in [2.75, 3.05) is 11.9 Å². The van der Waals surface area contributed by atoms with Gasteiger partial charge in [0.25, 0.3) is 0 Å². The van der Waals surface area contributed by atoms with Gasteiger partial charge in [0.2, 0.25) is 0 Å². The monoisotopic (exact) mass is 337 g/mol. The van der Waals surface area contributed by atoms with Crippen molar-refractivity contribution < 1.29 is 0 Å². The molecule has 0 atom stereocenters. The van der Waals surface area contributed by atoms with Crippen LogP contribution in [-0.4, -0.2) is 16.5 Å². The molecule has 1 aliphatic rings. The fraction of sp³-hybridized carbons (Fsp3) is 0.400. The molecule has 24 heavy (non-hydrogen) atoms. The number of thiazole rings is 1. The highest BCUT2D eigenvalue weighted by Crippen LogP contribution is 2.27. The molecule has 3 aromatic rings. The average molecular weight is 337 g/mol. The van der Waals surface area contributed by atoms with Gasteiger partial charge in [-0.05, 0) is 50.5 Å². The molecule has 0 amide bonds. The lowest BCUT2D eigenvalue weighted by Gasteiger charge is -2.08. The first-order chi connectivity index (χ1) is 11.8. The van der Waals surface area contributed by atoms with E-state index < -0.39 is 0 Å². The third-order valence-corrected chi connectivity index (χ3v) is 5.89. The van der Waals surface area contributed by atoms with Crippen LogP contribution in [0.2, 0.25) is 0 Å². The second-order valence-electron chi connectivity index (χ2n) is 6.60. The number of rotatable bonds is 5. The average Bonchev–Trinajstić information content (AvgIpc) is 3.01. The number of nitrogens with zero attached hydrogens (tertiary/aromatic N) is 2. The van der Waals surface area contributed by atoms with Gasteiger partial charge in [-0.25, -0.2) is 9.97 Å². The van der Waals surface area contributed by atoms with Gasteiger partial charge in [-0.1, -0.05) is 23.8 Å². The van der Waals surface area contributed by atoms with Crippen molar-refractivity contribution in [3.05, 3.63) is 51.6 Å². The van der Waals surface area contributed by atoms with Gasteiger partial charge in [-0.3, -0.25) is 0 Å². The van der Waals surface area contributed by atoms with Crippen molar-refractivity contribution in [2.45, 2.75) is 45.4 Å². The summed E-state index contributed by atoms with van der Waals surface area (Å²) in [5.74, 6) is 0.992. The summed E-state index contributed by atoms with van der Waals surface area (Å²) in [6.07, 6.45) is 9.12. The molecule has 4 heteroatoms. The Morgan fingerprint density at radius 1 is 1.17 bits per heavy atom. The maximum absolute atomic E-state index is 4.83. The first kappa shape index (κ1) is 15.6. The third-order valence-electron chi connectivity index (χ3n) is 4.67. The van der Waals surface area contributed by atoms with E-state index in [4.69, 9.17) is 4.98 Å². The molecule has 1 aliphatic carbocycles. The van der Waals surface area contributed by atoms with Crippen LogP contribution in [0.5, 0.6) is 0 Å². The molecule has 2 heterocycles. The molecule has 0 aliphatic heterocycles. The summed E-state index contributed by atoms with van der Waals surface area (Å²) in [7, 11) is 0. The minimum absolute atomic E-state index is 0.935. The van der Waals surface area contributed by atoms with Gasteiger partial charge in [-0.15, -0.1) is 11.3 Å². The van der Waals surface area contributed by atoms with Crippen LogP contribution in [-0.2, 0) is 19.3 Å². The van der Waals surface area contributed by atoms with E-state index in [0.717, 1.165) is 25.2 Å². The summed E-state index contributed by atoms with van der Waals surface area (Å²) in [6, 6.07) is 8.60. The van der Waals surface area contributed by atoms with Crippen LogP contribution in [0.25, 0.3) is 10.8 Å². The van der Waals surface area contributed by atoms with Crippen molar-refractivity contribution in [2.24, 2.45) is 0 Å². The summed E-state index contributed by atoms with van der Waals surface area (Å²) < 4.78 is 0. The molecule has 1 aromatic carbocycles. The molecule has 0 fully saturated rings. The van der Waals surface area contributed by atoms with Gasteiger partial charge in [0.15, 0.2) is 0 Å². The fourth-order valence-electron chi connectivity index (χ4n) is 3.40. The highest BCUT2D eigenvalue weighted by atomic mass is 32.1. The maximum atomic E-state index is 4.83. The molecule has 0 bridgehead atoms. The van der Waals surface area contributed by atoms with E-state index in [1.165, 1.54) is 57.6 Å². The molecule has 3 nitrogen and oxygen atoms in total. The fourth-order valence-corrected chi connectivity index (χ4v) is 4.60. The lowest BCUT2D eigenvalue weighted by molar-refractivity contribution is 0.679. The van der Waals surface area contributed by atoms with Crippen molar-refractivity contribution in [1.29, 1.82) is 0 Å². The van der Waals surface area contributed by atoms with Crippen molar-refractivity contribution in [3.63, 3.8) is 0 Å². The Hall–Kier alpha value is -1.94. The van der Waals surface area contributed by atoms with Crippen LogP contribution in [0.15, 0.2) is 30.5 Å². The van der Waals surface area contributed by atoms with Crippen LogP contribution in [0.3, 0.4) is 0 Å². The maximum Gasteiger partial charge on any atom is 0.133 e. The van der Waals surface area contributed by atoms with Gasteiger partial charge in [0, 0.05) is 29.4 Å². The molecule has 124 valence electrons. The van der Waals surface area contributed by atoms with Gasteiger partial charge in [0.1, 0.15) is 5.82 Å². The predicted octanol–water partition coefficient (Wildman–Crippen LogP) is 4.92. The number of aromatic nitrogens is 2. The molecular weight excluding hydrogens is 314 g/mol. The van der Waals surface area contributed by atoms with E-state index in [0.29, 0.717) is 0 Å². The van der Waals surface area contributed by atoms with E-state index in [1.807, 2.05) is 17.5 Å². The van der Waals surface area contributed by atoms with Crippen molar-refractivity contribution in [1.82, 2.24) is 9.97 Å². The van der Waals surface area contributed by atoms with Crippen molar-refractivity contribution >= 4 is 27.9 Å². The molecule has 0 unspecified atom stereocenters. The van der Waals surface area contributed by atoms with Crippen LogP contribution < -0.4 is 5.32 Å². The Labute approximate surface area is 147 Å². The number of pyridine rings is 1. The summed E-state index contributed by atoms with van der Waals surface area (Å²) >= 11 is 1.93. The Bertz CT molecular complexity index is 830. The summed E-state index contributed by atoms with van der Waals surface area (Å²) in [6.45, 7) is 3.06. The van der Waals surface area contributed by atoms with Gasteiger partial charge in [0.05, 0.1) is 10.7 Å². The molecular formula is C20H23N3S. The highest BCUT2D eigenvalue weighted by molar-refractivity contribution is 7.11. The number of fused-ring (bicyclic) bond motifs is 2. The number of hydrogen-bond acceptors (Lipinski definition) is 4. The largest absolute Gasteiger partial charge is 0.370 e. The normalized spacial score (nSPS) is 13.9. The van der Waals surface area contributed by atoms with Gasteiger partial charge in [-0.2, -0.15) is 0 Å². The summed E-state index contributed by atoms with van der Waals surface area (Å²) in [5, 5.41) is 7.27. The SMILES string of the molecule is Cc1ccc2c(NCCCc3nc4c(s3)CCCC4)nccc2c1.